The summed E-state index contributed by atoms with van der Waals surface area (Å²) in [6.45, 7) is 8.12. The monoisotopic (exact) mass is 858 g/mol. The van der Waals surface area contributed by atoms with Crippen LogP contribution < -0.4 is 18.9 Å². The molecule has 2 N–H and O–H groups in total. The molecule has 0 aliphatic heterocycles. The summed E-state index contributed by atoms with van der Waals surface area (Å²) in [5.41, 5.74) is 10.0. The highest BCUT2D eigenvalue weighted by molar-refractivity contribution is 6.10. The maximum Gasteiger partial charge on any atom is 0.147 e. The predicted molar refractivity (Wildman–Crippen MR) is 263 cm³/mol. The zero-order chi connectivity index (χ0) is 44.9. The first-order valence-electron chi connectivity index (χ1n) is 22.0. The Morgan fingerprint density at radius 3 is 1.11 bits per heavy atom. The molecule has 65 heavy (non-hydrogen) atoms. The number of ether oxygens (including phenoxy) is 4. The first-order valence-corrected chi connectivity index (χ1v) is 22.0. The third-order valence-electron chi connectivity index (χ3n) is 12.4. The molecule has 0 unspecified atom stereocenters. The molecule has 324 valence electrons. The van der Waals surface area contributed by atoms with Crippen molar-refractivity contribution < 1.29 is 29.2 Å². The van der Waals surface area contributed by atoms with Crippen molar-refractivity contribution in [2.45, 2.75) is 46.3 Å². The van der Waals surface area contributed by atoms with Crippen LogP contribution in [0.5, 0.6) is 34.5 Å². The van der Waals surface area contributed by atoms with E-state index in [0.717, 1.165) is 54.7 Å². The molecule has 0 saturated carbocycles. The number of hydrogen-bond acceptors (Lipinski definition) is 6. The van der Waals surface area contributed by atoms with E-state index in [-0.39, 0.29) is 23.7 Å². The number of benzene rings is 8. The standard InChI is InChI=1S/C57H50N2O6/c1-34-27-46(56(60)52(29-34)58-48-19-11-7-15-40(48)41-16-8-12-20-49(41)58)44-32-38(62-5)23-25-54(44)64-36(3)31-37(4)65-55-26-24-39(63-6)33-45(55)47-28-35(2)30-53(57(47)61)59-50-21-13-9-17-42(50)43-18-10-14-22-51(43)59/h7-30,32-33,36-37,60-61H,31H2,1-6H3/t36-,37-/m0/s1. The molecule has 8 aromatic carbocycles. The van der Waals surface area contributed by atoms with Crippen molar-refractivity contribution in [2.75, 3.05) is 14.2 Å². The van der Waals surface area contributed by atoms with Crippen LogP contribution in [0.1, 0.15) is 31.4 Å². The van der Waals surface area contributed by atoms with Crippen LogP contribution in [-0.2, 0) is 0 Å². The van der Waals surface area contributed by atoms with Gasteiger partial charge in [0, 0.05) is 50.2 Å². The van der Waals surface area contributed by atoms with Crippen molar-refractivity contribution in [3.05, 3.63) is 169 Å². The normalized spacial score (nSPS) is 12.5. The average molecular weight is 859 g/mol. The Balaban J connectivity index is 0.970. The van der Waals surface area contributed by atoms with E-state index in [1.54, 1.807) is 14.2 Å². The fraction of sp³-hybridized carbons (Fsp3) is 0.158. The lowest BCUT2D eigenvalue weighted by atomic mass is 9.99. The molecule has 2 aromatic heterocycles. The Kier molecular flexibility index (Phi) is 10.6. The summed E-state index contributed by atoms with van der Waals surface area (Å²) in [6.07, 6.45) is -0.0933. The lowest BCUT2D eigenvalue weighted by Crippen LogP contribution is -2.23. The summed E-state index contributed by atoms with van der Waals surface area (Å²) >= 11 is 0. The number of para-hydroxylation sites is 4. The van der Waals surface area contributed by atoms with Crippen molar-refractivity contribution in [3.8, 4) is 68.1 Å². The molecule has 8 nitrogen and oxygen atoms in total. The summed E-state index contributed by atoms with van der Waals surface area (Å²) in [5.74, 6) is 2.76. The van der Waals surface area contributed by atoms with Crippen molar-refractivity contribution in [1.82, 2.24) is 9.13 Å². The van der Waals surface area contributed by atoms with Gasteiger partial charge < -0.3 is 38.3 Å². The van der Waals surface area contributed by atoms with Crippen molar-refractivity contribution >= 4 is 43.6 Å². The first kappa shape index (κ1) is 41.2. The van der Waals surface area contributed by atoms with E-state index in [1.807, 2.05) is 137 Å². The van der Waals surface area contributed by atoms with Gasteiger partial charge in [-0.05, 0) is 124 Å². The zero-order valence-electron chi connectivity index (χ0n) is 37.3. The second-order valence-corrected chi connectivity index (χ2v) is 16.9. The van der Waals surface area contributed by atoms with E-state index in [0.29, 0.717) is 63.0 Å². The van der Waals surface area contributed by atoms with Gasteiger partial charge in [-0.25, -0.2) is 0 Å². The van der Waals surface area contributed by atoms with Crippen LogP contribution in [0, 0.1) is 13.8 Å². The third kappa shape index (κ3) is 7.31. The summed E-state index contributed by atoms with van der Waals surface area (Å²) in [7, 11) is 3.27. The second kappa shape index (κ2) is 16.7. The number of nitrogens with zero attached hydrogens (tertiary/aromatic N) is 2. The lowest BCUT2D eigenvalue weighted by Gasteiger charge is -2.24. The predicted octanol–water partition coefficient (Wildman–Crippen LogP) is 13.9. The molecule has 10 rings (SSSR count). The van der Waals surface area contributed by atoms with Crippen molar-refractivity contribution in [1.29, 1.82) is 0 Å². The Bertz CT molecular complexity index is 3100. The van der Waals surface area contributed by atoms with Gasteiger partial charge in [-0.1, -0.05) is 72.8 Å². The Labute approximate surface area is 378 Å². The first-order chi connectivity index (χ1) is 31.6. The van der Waals surface area contributed by atoms with Crippen LogP contribution in [0.2, 0.25) is 0 Å². The summed E-state index contributed by atoms with van der Waals surface area (Å²) in [5, 5.41) is 29.0. The maximum atomic E-state index is 12.3. The smallest absolute Gasteiger partial charge is 0.147 e. The number of fused-ring (bicyclic) bond motifs is 6. The van der Waals surface area contributed by atoms with Crippen LogP contribution >= 0.6 is 0 Å². The number of aryl methyl sites for hydroxylation is 2. The molecule has 2 heterocycles. The highest BCUT2D eigenvalue weighted by atomic mass is 16.5. The number of methoxy groups -OCH3 is 2. The third-order valence-corrected chi connectivity index (χ3v) is 12.4. The van der Waals surface area contributed by atoms with E-state index < -0.39 is 0 Å². The minimum absolute atomic E-state index is 0.136. The van der Waals surface area contributed by atoms with E-state index in [9.17, 15) is 10.2 Å². The number of aromatic hydroxyl groups is 2. The molecule has 0 bridgehead atoms. The van der Waals surface area contributed by atoms with Gasteiger partial charge in [-0.15, -0.1) is 0 Å². The Morgan fingerprint density at radius 2 is 0.769 bits per heavy atom. The second-order valence-electron chi connectivity index (χ2n) is 16.9. The van der Waals surface area contributed by atoms with Gasteiger partial charge in [0.1, 0.15) is 34.5 Å². The van der Waals surface area contributed by atoms with Crippen LogP contribution in [0.25, 0.3) is 77.2 Å². The van der Waals surface area contributed by atoms with Crippen LogP contribution in [-0.4, -0.2) is 45.8 Å². The Morgan fingerprint density at radius 1 is 0.431 bits per heavy atom. The number of aromatic nitrogens is 2. The van der Waals surface area contributed by atoms with E-state index in [2.05, 4.69) is 57.7 Å². The van der Waals surface area contributed by atoms with Gasteiger partial charge in [-0.2, -0.15) is 0 Å². The van der Waals surface area contributed by atoms with E-state index >= 15 is 0 Å². The SMILES string of the molecule is COc1ccc(O[C@@H](C)C[C@H](C)Oc2ccc(OC)cc2-c2cc(C)cc(-n3c4ccccc4c4ccccc43)c2O)c(-c2cc(C)cc(-n3c4ccccc4c4ccccc43)c2O)c1. The topological polar surface area (TPSA) is 87.2 Å². The molecule has 8 heteroatoms. The number of hydrogen-bond donors (Lipinski definition) is 2. The minimum atomic E-state index is -0.308. The molecule has 0 amide bonds. The summed E-state index contributed by atoms with van der Waals surface area (Å²) < 4.78 is 29.2. The van der Waals surface area contributed by atoms with Gasteiger partial charge in [0.2, 0.25) is 0 Å². The van der Waals surface area contributed by atoms with Crippen LogP contribution in [0.4, 0.5) is 0 Å². The average Bonchev–Trinajstić information content (AvgIpc) is 3.83. The molecule has 0 radical (unpaired) electrons. The maximum absolute atomic E-state index is 12.3. The van der Waals surface area contributed by atoms with Gasteiger partial charge in [0.25, 0.3) is 0 Å². The van der Waals surface area contributed by atoms with Gasteiger partial charge in [0.15, 0.2) is 0 Å². The van der Waals surface area contributed by atoms with E-state index in [1.165, 1.54) is 0 Å². The largest absolute Gasteiger partial charge is 0.505 e. The van der Waals surface area contributed by atoms with Crippen LogP contribution in [0.15, 0.2) is 158 Å². The molecule has 2 atom stereocenters. The molecule has 0 spiro atoms. The molecule has 0 aliphatic carbocycles. The summed E-state index contributed by atoms with van der Waals surface area (Å²) in [4.78, 5) is 0. The number of phenols is 2. The number of rotatable bonds is 12. The fourth-order valence-corrected chi connectivity index (χ4v) is 9.53. The van der Waals surface area contributed by atoms with Gasteiger partial charge in [-0.3, -0.25) is 0 Å². The molecule has 0 saturated heterocycles. The molecule has 0 aliphatic rings. The van der Waals surface area contributed by atoms with Gasteiger partial charge >= 0.3 is 0 Å². The summed E-state index contributed by atoms with van der Waals surface area (Å²) in [6, 6.07) is 52.5. The van der Waals surface area contributed by atoms with Crippen LogP contribution in [0.3, 0.4) is 0 Å². The molecular weight excluding hydrogens is 809 g/mol. The highest BCUT2D eigenvalue weighted by Gasteiger charge is 2.24. The van der Waals surface area contributed by atoms with E-state index in [4.69, 9.17) is 18.9 Å². The quantitative estimate of drug-likeness (QED) is 0.127. The Hall–Kier alpha value is -7.84. The zero-order valence-corrected chi connectivity index (χ0v) is 37.3. The minimum Gasteiger partial charge on any atom is -0.505 e. The van der Waals surface area contributed by atoms with Crippen molar-refractivity contribution in [3.63, 3.8) is 0 Å². The molecule has 10 aromatic rings. The molecular formula is C57H50N2O6. The highest BCUT2D eigenvalue weighted by Crippen LogP contribution is 2.46. The molecule has 0 fully saturated rings. The van der Waals surface area contributed by atoms with Crippen molar-refractivity contribution in [2.24, 2.45) is 0 Å². The lowest BCUT2D eigenvalue weighted by molar-refractivity contribution is 0.131. The number of phenolic OH excluding ortho intramolecular Hbond substituents is 2. The fourth-order valence-electron chi connectivity index (χ4n) is 9.53. The van der Waals surface area contributed by atoms with Gasteiger partial charge in [0.05, 0.1) is 59.9 Å².